The number of amides is 1. The van der Waals surface area contributed by atoms with Crippen molar-refractivity contribution in [2.24, 2.45) is 0 Å². The third-order valence-corrected chi connectivity index (χ3v) is 4.22. The van der Waals surface area contributed by atoms with Gasteiger partial charge in [0.1, 0.15) is 0 Å². The highest BCUT2D eigenvalue weighted by atomic mass is 16.2. The Morgan fingerprint density at radius 3 is 2.68 bits per heavy atom. The molecule has 1 aliphatic heterocycles. The molecule has 1 amide bonds. The largest absolute Gasteiger partial charge is 0.336 e. The van der Waals surface area contributed by atoms with Crippen molar-refractivity contribution in [3.63, 3.8) is 0 Å². The summed E-state index contributed by atoms with van der Waals surface area (Å²) >= 11 is 0. The lowest BCUT2D eigenvalue weighted by atomic mass is 10.0. The van der Waals surface area contributed by atoms with Gasteiger partial charge >= 0.3 is 0 Å². The first-order valence-electron chi connectivity index (χ1n) is 7.31. The maximum atomic E-state index is 12.7. The SMILES string of the molecule is C[C@@H]1CN(C(=O)c2cccc3c2CCC3)C[C@H](C)N1. The number of nitrogens with zero attached hydrogens (tertiary/aromatic N) is 1. The second-order valence-electron chi connectivity index (χ2n) is 5.98. The van der Waals surface area contributed by atoms with Crippen molar-refractivity contribution in [2.75, 3.05) is 13.1 Å². The zero-order chi connectivity index (χ0) is 13.4. The van der Waals surface area contributed by atoms with Crippen LogP contribution < -0.4 is 5.32 Å². The maximum Gasteiger partial charge on any atom is 0.254 e. The predicted molar refractivity (Wildman–Crippen MR) is 76.4 cm³/mol. The molecule has 0 bridgehead atoms. The molecule has 1 heterocycles. The van der Waals surface area contributed by atoms with Gasteiger partial charge in [-0.25, -0.2) is 0 Å². The molecule has 2 aliphatic rings. The quantitative estimate of drug-likeness (QED) is 0.835. The van der Waals surface area contributed by atoms with E-state index in [1.54, 1.807) is 0 Å². The van der Waals surface area contributed by atoms with Crippen LogP contribution in [0, 0.1) is 0 Å². The molecule has 3 heteroatoms. The van der Waals surface area contributed by atoms with Gasteiger partial charge in [-0.1, -0.05) is 12.1 Å². The maximum absolute atomic E-state index is 12.7. The summed E-state index contributed by atoms with van der Waals surface area (Å²) in [4.78, 5) is 14.8. The van der Waals surface area contributed by atoms with E-state index in [1.807, 2.05) is 17.0 Å². The van der Waals surface area contributed by atoms with E-state index in [0.717, 1.165) is 31.5 Å². The number of hydrogen-bond donors (Lipinski definition) is 1. The van der Waals surface area contributed by atoms with Gasteiger partial charge in [-0.15, -0.1) is 0 Å². The lowest BCUT2D eigenvalue weighted by Crippen LogP contribution is -2.55. The number of benzene rings is 1. The van der Waals surface area contributed by atoms with Crippen LogP contribution in [-0.2, 0) is 12.8 Å². The monoisotopic (exact) mass is 258 g/mol. The van der Waals surface area contributed by atoms with Crippen molar-refractivity contribution >= 4 is 5.91 Å². The molecule has 2 atom stereocenters. The zero-order valence-corrected chi connectivity index (χ0v) is 11.8. The molecule has 19 heavy (non-hydrogen) atoms. The molecular formula is C16H22N2O. The van der Waals surface area contributed by atoms with E-state index in [-0.39, 0.29) is 5.91 Å². The van der Waals surface area contributed by atoms with Crippen LogP contribution in [0.1, 0.15) is 41.8 Å². The Bertz CT molecular complexity index is 488. The van der Waals surface area contributed by atoms with Crippen molar-refractivity contribution in [3.05, 3.63) is 34.9 Å². The highest BCUT2D eigenvalue weighted by molar-refractivity contribution is 5.96. The van der Waals surface area contributed by atoms with Gasteiger partial charge in [0.05, 0.1) is 0 Å². The summed E-state index contributed by atoms with van der Waals surface area (Å²) in [6, 6.07) is 6.97. The molecule has 1 aromatic carbocycles. The molecule has 0 radical (unpaired) electrons. The van der Waals surface area contributed by atoms with E-state index >= 15 is 0 Å². The van der Waals surface area contributed by atoms with E-state index in [1.165, 1.54) is 17.5 Å². The Kier molecular flexibility index (Phi) is 3.31. The number of carbonyl (C=O) groups excluding carboxylic acids is 1. The first-order valence-corrected chi connectivity index (χ1v) is 7.31. The van der Waals surface area contributed by atoms with Crippen LogP contribution in [0.5, 0.6) is 0 Å². The van der Waals surface area contributed by atoms with Gasteiger partial charge in [0.2, 0.25) is 0 Å². The number of nitrogens with one attached hydrogen (secondary N) is 1. The Hall–Kier alpha value is -1.35. The van der Waals surface area contributed by atoms with E-state index in [0.29, 0.717) is 12.1 Å². The van der Waals surface area contributed by atoms with Gasteiger partial charge in [0.25, 0.3) is 5.91 Å². The molecule has 1 fully saturated rings. The third kappa shape index (κ3) is 2.39. The van der Waals surface area contributed by atoms with Gasteiger partial charge in [-0.2, -0.15) is 0 Å². The Morgan fingerprint density at radius 2 is 1.95 bits per heavy atom. The van der Waals surface area contributed by atoms with Crippen LogP contribution in [0.4, 0.5) is 0 Å². The molecule has 102 valence electrons. The number of hydrogen-bond acceptors (Lipinski definition) is 2. The molecule has 3 rings (SSSR count). The summed E-state index contributed by atoms with van der Waals surface area (Å²) < 4.78 is 0. The van der Waals surface area contributed by atoms with E-state index < -0.39 is 0 Å². The van der Waals surface area contributed by atoms with Crippen molar-refractivity contribution in [3.8, 4) is 0 Å². The lowest BCUT2D eigenvalue weighted by Gasteiger charge is -2.36. The molecule has 3 nitrogen and oxygen atoms in total. The van der Waals surface area contributed by atoms with Crippen molar-refractivity contribution in [2.45, 2.75) is 45.2 Å². The number of piperazine rings is 1. The average Bonchev–Trinajstić information content (AvgIpc) is 2.84. The van der Waals surface area contributed by atoms with Crippen molar-refractivity contribution in [1.29, 1.82) is 0 Å². The first kappa shape index (κ1) is 12.7. The van der Waals surface area contributed by atoms with E-state index in [9.17, 15) is 4.79 Å². The minimum absolute atomic E-state index is 0.221. The van der Waals surface area contributed by atoms with Crippen LogP contribution in [0.25, 0.3) is 0 Å². The normalized spacial score (nSPS) is 26.3. The topological polar surface area (TPSA) is 32.3 Å². The summed E-state index contributed by atoms with van der Waals surface area (Å²) in [5, 5.41) is 3.47. The van der Waals surface area contributed by atoms with E-state index in [2.05, 4.69) is 25.2 Å². The lowest BCUT2D eigenvalue weighted by molar-refractivity contribution is 0.0672. The number of fused-ring (bicyclic) bond motifs is 1. The molecule has 1 aliphatic carbocycles. The summed E-state index contributed by atoms with van der Waals surface area (Å²) in [6.45, 7) is 5.91. The standard InChI is InChI=1S/C16H22N2O/c1-11-9-18(10-12(2)17-11)16(19)15-8-4-6-13-5-3-7-14(13)15/h4,6,8,11-12,17H,3,5,7,9-10H2,1-2H3/t11-,12+. The van der Waals surface area contributed by atoms with E-state index in [4.69, 9.17) is 0 Å². The molecule has 0 saturated carbocycles. The Morgan fingerprint density at radius 1 is 1.21 bits per heavy atom. The molecule has 0 spiro atoms. The second-order valence-corrected chi connectivity index (χ2v) is 5.98. The van der Waals surface area contributed by atoms with Gasteiger partial charge in [-0.05, 0) is 50.3 Å². The van der Waals surface area contributed by atoms with Crippen LogP contribution in [-0.4, -0.2) is 36.0 Å². The molecule has 1 N–H and O–H groups in total. The summed E-state index contributed by atoms with van der Waals surface area (Å²) in [5.74, 6) is 0.221. The highest BCUT2D eigenvalue weighted by Crippen LogP contribution is 2.26. The predicted octanol–water partition coefficient (Wildman–Crippen LogP) is 2.00. The van der Waals surface area contributed by atoms with Gasteiger partial charge < -0.3 is 10.2 Å². The average molecular weight is 258 g/mol. The summed E-state index contributed by atoms with van der Waals surface area (Å²) in [5.41, 5.74) is 3.62. The van der Waals surface area contributed by atoms with Gasteiger partial charge in [-0.3, -0.25) is 4.79 Å². The molecule has 1 saturated heterocycles. The first-order chi connectivity index (χ1) is 9.15. The van der Waals surface area contributed by atoms with Crippen LogP contribution in [0.2, 0.25) is 0 Å². The number of carbonyl (C=O) groups is 1. The Labute approximate surface area is 115 Å². The van der Waals surface area contributed by atoms with Crippen molar-refractivity contribution < 1.29 is 4.79 Å². The molecule has 0 unspecified atom stereocenters. The van der Waals surface area contributed by atoms with Crippen molar-refractivity contribution in [1.82, 2.24) is 10.2 Å². The fourth-order valence-corrected chi connectivity index (χ4v) is 3.48. The van der Waals surface area contributed by atoms with Crippen LogP contribution in [0.15, 0.2) is 18.2 Å². The second kappa shape index (κ2) is 4.97. The minimum Gasteiger partial charge on any atom is -0.336 e. The number of aryl methyl sites for hydroxylation is 1. The van der Waals surface area contributed by atoms with Gasteiger partial charge in [0.15, 0.2) is 0 Å². The van der Waals surface area contributed by atoms with Crippen LogP contribution in [0.3, 0.4) is 0 Å². The third-order valence-electron chi connectivity index (χ3n) is 4.22. The smallest absolute Gasteiger partial charge is 0.254 e. The summed E-state index contributed by atoms with van der Waals surface area (Å²) in [7, 11) is 0. The number of rotatable bonds is 1. The molecule has 1 aromatic rings. The fraction of sp³-hybridized carbons (Fsp3) is 0.562. The minimum atomic E-state index is 0.221. The zero-order valence-electron chi connectivity index (χ0n) is 11.8. The molecule has 0 aromatic heterocycles. The highest BCUT2D eigenvalue weighted by Gasteiger charge is 2.28. The fourth-order valence-electron chi connectivity index (χ4n) is 3.48. The van der Waals surface area contributed by atoms with Crippen LogP contribution >= 0.6 is 0 Å². The summed E-state index contributed by atoms with van der Waals surface area (Å²) in [6.07, 6.45) is 3.38. The Balaban J connectivity index is 1.86. The van der Waals surface area contributed by atoms with Gasteiger partial charge in [0, 0.05) is 30.7 Å². The molecular weight excluding hydrogens is 236 g/mol.